The smallest absolute Gasteiger partial charge is 0.270 e. The van der Waals surface area contributed by atoms with Gasteiger partial charge in [-0.3, -0.25) is 4.79 Å². The standard InChI is InChI=1S/C18H23N5OS/c1-12(2)23-15-6-4-3-5-13(15)21-16(23)8-10-20-18(24)14-11-25-17(22-14)7-9-19/h3-6,11-12H,7-10,19H2,1-2H3,(H,20,24). The molecule has 0 unspecified atom stereocenters. The molecule has 0 saturated carbocycles. The summed E-state index contributed by atoms with van der Waals surface area (Å²) in [5.74, 6) is 0.838. The molecule has 0 atom stereocenters. The predicted molar refractivity (Wildman–Crippen MR) is 101 cm³/mol. The Morgan fingerprint density at radius 1 is 1.28 bits per heavy atom. The summed E-state index contributed by atoms with van der Waals surface area (Å²) < 4.78 is 2.23. The first-order valence-corrected chi connectivity index (χ1v) is 9.36. The molecule has 3 N–H and O–H groups in total. The van der Waals surface area contributed by atoms with Crippen molar-refractivity contribution in [3.63, 3.8) is 0 Å². The minimum absolute atomic E-state index is 0.147. The Morgan fingerprint density at radius 2 is 2.08 bits per heavy atom. The molecule has 0 bridgehead atoms. The van der Waals surface area contributed by atoms with Crippen LogP contribution in [-0.2, 0) is 12.8 Å². The highest BCUT2D eigenvalue weighted by Gasteiger charge is 2.14. The lowest BCUT2D eigenvalue weighted by molar-refractivity contribution is 0.0949. The molecule has 0 fully saturated rings. The van der Waals surface area contributed by atoms with E-state index in [1.807, 2.05) is 18.2 Å². The molecule has 0 spiro atoms. The molecule has 6 nitrogen and oxygen atoms in total. The van der Waals surface area contributed by atoms with Crippen molar-refractivity contribution in [2.24, 2.45) is 5.73 Å². The van der Waals surface area contributed by atoms with Crippen molar-refractivity contribution < 1.29 is 4.79 Å². The number of aromatic nitrogens is 3. The molecule has 3 aromatic rings. The third-order valence-corrected chi connectivity index (χ3v) is 4.87. The highest BCUT2D eigenvalue weighted by Crippen LogP contribution is 2.21. The Labute approximate surface area is 151 Å². The Hall–Kier alpha value is -2.25. The van der Waals surface area contributed by atoms with Gasteiger partial charge in [-0.05, 0) is 32.5 Å². The average molecular weight is 357 g/mol. The summed E-state index contributed by atoms with van der Waals surface area (Å²) >= 11 is 1.47. The number of amides is 1. The van der Waals surface area contributed by atoms with Gasteiger partial charge in [-0.1, -0.05) is 12.1 Å². The number of benzene rings is 1. The van der Waals surface area contributed by atoms with E-state index in [0.29, 0.717) is 37.7 Å². The number of hydrogen-bond acceptors (Lipinski definition) is 5. The van der Waals surface area contributed by atoms with E-state index in [2.05, 4.69) is 34.8 Å². The quantitative estimate of drug-likeness (QED) is 0.680. The minimum Gasteiger partial charge on any atom is -0.350 e. The molecular weight excluding hydrogens is 334 g/mol. The summed E-state index contributed by atoms with van der Waals surface area (Å²) in [5, 5.41) is 5.61. The van der Waals surface area contributed by atoms with Crippen LogP contribution in [0.5, 0.6) is 0 Å². The van der Waals surface area contributed by atoms with Crippen LogP contribution in [0.15, 0.2) is 29.6 Å². The number of carbonyl (C=O) groups excluding carboxylic acids is 1. The maximum Gasteiger partial charge on any atom is 0.270 e. The van der Waals surface area contributed by atoms with Crippen molar-refractivity contribution in [1.29, 1.82) is 0 Å². The zero-order chi connectivity index (χ0) is 17.8. The van der Waals surface area contributed by atoms with Crippen LogP contribution >= 0.6 is 11.3 Å². The van der Waals surface area contributed by atoms with Crippen LogP contribution in [0.25, 0.3) is 11.0 Å². The molecule has 2 aromatic heterocycles. The van der Waals surface area contributed by atoms with Gasteiger partial charge < -0.3 is 15.6 Å². The maximum absolute atomic E-state index is 12.2. The molecule has 0 aliphatic rings. The van der Waals surface area contributed by atoms with Crippen LogP contribution in [0.4, 0.5) is 0 Å². The van der Waals surface area contributed by atoms with Crippen LogP contribution in [0.3, 0.4) is 0 Å². The fourth-order valence-electron chi connectivity index (χ4n) is 2.88. The summed E-state index contributed by atoms with van der Waals surface area (Å²) in [7, 11) is 0. The molecule has 2 heterocycles. The highest BCUT2D eigenvalue weighted by molar-refractivity contribution is 7.09. The van der Waals surface area contributed by atoms with Gasteiger partial charge >= 0.3 is 0 Å². The normalized spacial score (nSPS) is 11.4. The number of nitrogens with two attached hydrogens (primary N) is 1. The lowest BCUT2D eigenvalue weighted by Gasteiger charge is -2.13. The van der Waals surface area contributed by atoms with Crippen molar-refractivity contribution in [2.45, 2.75) is 32.7 Å². The molecule has 0 saturated heterocycles. The van der Waals surface area contributed by atoms with E-state index in [1.54, 1.807) is 5.38 Å². The number of hydrogen-bond donors (Lipinski definition) is 2. The van der Waals surface area contributed by atoms with Crippen LogP contribution in [-0.4, -0.2) is 33.5 Å². The molecule has 25 heavy (non-hydrogen) atoms. The lowest BCUT2D eigenvalue weighted by atomic mass is 10.3. The van der Waals surface area contributed by atoms with Crippen LogP contribution < -0.4 is 11.1 Å². The second-order valence-corrected chi connectivity index (χ2v) is 7.09. The van der Waals surface area contributed by atoms with Gasteiger partial charge in [0.05, 0.1) is 16.0 Å². The fraction of sp³-hybridized carbons (Fsp3) is 0.389. The van der Waals surface area contributed by atoms with Gasteiger partial charge in [0, 0.05) is 30.8 Å². The van der Waals surface area contributed by atoms with E-state index in [0.717, 1.165) is 21.9 Å². The number of para-hydroxylation sites is 2. The van der Waals surface area contributed by atoms with E-state index in [-0.39, 0.29) is 5.91 Å². The molecule has 1 aromatic carbocycles. The SMILES string of the molecule is CC(C)n1c(CCNC(=O)c2csc(CCN)n2)nc2ccccc21. The molecular formula is C18H23N5OS. The largest absolute Gasteiger partial charge is 0.350 e. The molecule has 0 radical (unpaired) electrons. The summed E-state index contributed by atoms with van der Waals surface area (Å²) in [6.45, 7) is 5.35. The second kappa shape index (κ2) is 7.76. The fourth-order valence-corrected chi connectivity index (χ4v) is 3.67. The monoisotopic (exact) mass is 357 g/mol. The topological polar surface area (TPSA) is 85.8 Å². The first-order valence-electron chi connectivity index (χ1n) is 8.48. The Bertz CT molecular complexity index is 867. The van der Waals surface area contributed by atoms with E-state index >= 15 is 0 Å². The van der Waals surface area contributed by atoms with E-state index < -0.39 is 0 Å². The zero-order valence-electron chi connectivity index (χ0n) is 14.5. The van der Waals surface area contributed by atoms with E-state index in [4.69, 9.17) is 10.7 Å². The number of imidazole rings is 1. The van der Waals surface area contributed by atoms with Crippen molar-refractivity contribution in [3.05, 3.63) is 46.2 Å². The second-order valence-electron chi connectivity index (χ2n) is 6.15. The van der Waals surface area contributed by atoms with Gasteiger partial charge in [-0.25, -0.2) is 9.97 Å². The molecule has 3 rings (SSSR count). The van der Waals surface area contributed by atoms with Crippen LogP contribution in [0.2, 0.25) is 0 Å². The molecule has 7 heteroatoms. The van der Waals surface area contributed by atoms with Gasteiger partial charge in [-0.2, -0.15) is 0 Å². The van der Waals surface area contributed by atoms with Crippen molar-refractivity contribution in [2.75, 3.05) is 13.1 Å². The van der Waals surface area contributed by atoms with Crippen molar-refractivity contribution in [3.8, 4) is 0 Å². The number of rotatable bonds is 7. The van der Waals surface area contributed by atoms with E-state index in [9.17, 15) is 4.79 Å². The summed E-state index contributed by atoms with van der Waals surface area (Å²) in [5.41, 5.74) is 8.10. The van der Waals surface area contributed by atoms with Gasteiger partial charge in [0.25, 0.3) is 5.91 Å². The number of nitrogens with one attached hydrogen (secondary N) is 1. The van der Waals surface area contributed by atoms with Crippen LogP contribution in [0, 0.1) is 0 Å². The summed E-state index contributed by atoms with van der Waals surface area (Å²) in [6, 6.07) is 8.43. The van der Waals surface area contributed by atoms with Gasteiger partial charge in [0.15, 0.2) is 0 Å². The van der Waals surface area contributed by atoms with Crippen molar-refractivity contribution >= 4 is 28.3 Å². The van der Waals surface area contributed by atoms with Gasteiger partial charge in [0.1, 0.15) is 11.5 Å². The van der Waals surface area contributed by atoms with Gasteiger partial charge in [-0.15, -0.1) is 11.3 Å². The first-order chi connectivity index (χ1) is 12.1. The zero-order valence-corrected chi connectivity index (χ0v) is 15.3. The predicted octanol–water partition coefficient (Wildman–Crippen LogP) is 2.55. The first kappa shape index (κ1) is 17.6. The Morgan fingerprint density at radius 3 is 2.84 bits per heavy atom. The maximum atomic E-state index is 12.2. The Kier molecular flexibility index (Phi) is 5.45. The van der Waals surface area contributed by atoms with Gasteiger partial charge in [0.2, 0.25) is 0 Å². The number of nitrogens with zero attached hydrogens (tertiary/aromatic N) is 3. The number of thiazole rings is 1. The highest BCUT2D eigenvalue weighted by atomic mass is 32.1. The number of carbonyl (C=O) groups is 1. The van der Waals surface area contributed by atoms with E-state index in [1.165, 1.54) is 11.3 Å². The summed E-state index contributed by atoms with van der Waals surface area (Å²) in [6.07, 6.45) is 1.38. The molecule has 132 valence electrons. The average Bonchev–Trinajstić information content (AvgIpc) is 3.19. The molecule has 0 aliphatic carbocycles. The summed E-state index contributed by atoms with van der Waals surface area (Å²) in [4.78, 5) is 21.2. The molecule has 0 aliphatic heterocycles. The van der Waals surface area contributed by atoms with Crippen LogP contribution in [0.1, 0.15) is 41.2 Å². The Balaban J connectivity index is 1.66. The molecule has 1 amide bonds. The third-order valence-electron chi connectivity index (χ3n) is 3.96. The minimum atomic E-state index is -0.147. The third kappa shape index (κ3) is 3.88. The van der Waals surface area contributed by atoms with Crippen molar-refractivity contribution in [1.82, 2.24) is 19.9 Å². The number of fused-ring (bicyclic) bond motifs is 1. The lowest BCUT2D eigenvalue weighted by Crippen LogP contribution is -2.27.